The van der Waals surface area contributed by atoms with Gasteiger partial charge in [-0.3, -0.25) is 14.2 Å². The van der Waals surface area contributed by atoms with E-state index in [1.807, 2.05) is 12.3 Å². The van der Waals surface area contributed by atoms with Gasteiger partial charge in [0.1, 0.15) is 10.7 Å². The highest BCUT2D eigenvalue weighted by atomic mass is 32.2. The van der Waals surface area contributed by atoms with Crippen molar-refractivity contribution in [2.75, 3.05) is 4.72 Å². The maximum Gasteiger partial charge on any atom is 0.298 e. The van der Waals surface area contributed by atoms with Gasteiger partial charge in [0.15, 0.2) is 11.4 Å². The Balaban J connectivity index is 1.38. The quantitative estimate of drug-likeness (QED) is 0.441. The van der Waals surface area contributed by atoms with Crippen LogP contribution < -0.4 is 4.72 Å². The number of halogens is 1. The molecule has 9 nitrogen and oxygen atoms in total. The summed E-state index contributed by atoms with van der Waals surface area (Å²) in [6.45, 7) is 3.03. The van der Waals surface area contributed by atoms with Crippen molar-refractivity contribution in [1.82, 2.24) is 19.8 Å². The van der Waals surface area contributed by atoms with E-state index < -0.39 is 20.7 Å². The van der Waals surface area contributed by atoms with Crippen molar-refractivity contribution in [3.63, 3.8) is 0 Å². The minimum absolute atomic E-state index is 0.0151. The van der Waals surface area contributed by atoms with Gasteiger partial charge < -0.3 is 9.42 Å². The van der Waals surface area contributed by atoms with E-state index in [-0.39, 0.29) is 11.7 Å². The molecule has 0 atom stereocenters. The fourth-order valence-corrected chi connectivity index (χ4v) is 5.15. The van der Waals surface area contributed by atoms with E-state index in [1.165, 1.54) is 18.2 Å². The molecule has 1 aliphatic rings. The lowest BCUT2D eigenvalue weighted by Crippen LogP contribution is -2.24. The second-order valence-electron chi connectivity index (χ2n) is 7.96. The number of hydrogen-bond donors (Lipinski definition) is 1. The van der Waals surface area contributed by atoms with Gasteiger partial charge in [0.25, 0.3) is 15.9 Å². The molecule has 0 unspecified atom stereocenters. The van der Waals surface area contributed by atoms with Crippen LogP contribution in [0.3, 0.4) is 0 Å². The highest BCUT2D eigenvalue weighted by Gasteiger charge is 2.26. The van der Waals surface area contributed by atoms with Crippen LogP contribution in [0.2, 0.25) is 0 Å². The predicted octanol–water partition coefficient (Wildman–Crippen LogP) is 2.80. The summed E-state index contributed by atoms with van der Waals surface area (Å²) in [7, 11) is -4.19. The Morgan fingerprint density at radius 1 is 1.29 bits per heavy atom. The normalized spacial score (nSPS) is 13.1. The largest absolute Gasteiger partial charge is 0.354 e. The van der Waals surface area contributed by atoms with Crippen molar-refractivity contribution in [2.45, 2.75) is 31.5 Å². The van der Waals surface area contributed by atoms with Crippen LogP contribution in [0.5, 0.6) is 0 Å². The third-order valence-electron chi connectivity index (χ3n) is 5.57. The van der Waals surface area contributed by atoms with Gasteiger partial charge in [0.2, 0.25) is 0 Å². The molecule has 172 valence electrons. The lowest BCUT2D eigenvalue weighted by molar-refractivity contribution is -0.125. The van der Waals surface area contributed by atoms with Crippen LogP contribution in [0.1, 0.15) is 22.4 Å². The number of benzene rings is 2. The number of carbonyl (C=O) groups is 1. The van der Waals surface area contributed by atoms with E-state index >= 15 is 0 Å². The Morgan fingerprint density at radius 2 is 2.09 bits per heavy atom. The second-order valence-corrected chi connectivity index (χ2v) is 9.61. The number of aryl methyl sites for hydroxylation is 1. The Morgan fingerprint density at radius 3 is 2.82 bits per heavy atom. The molecule has 1 amide bonds. The third-order valence-corrected chi connectivity index (χ3v) is 6.94. The zero-order chi connectivity index (χ0) is 24.0. The van der Waals surface area contributed by atoms with Gasteiger partial charge in [-0.25, -0.2) is 12.8 Å². The van der Waals surface area contributed by atoms with Crippen molar-refractivity contribution >= 4 is 32.7 Å². The number of nitrogens with one attached hydrogen (secondary N) is 1. The summed E-state index contributed by atoms with van der Waals surface area (Å²) in [5.41, 5.74) is 3.70. The van der Waals surface area contributed by atoms with E-state index in [2.05, 4.69) is 20.9 Å². The van der Waals surface area contributed by atoms with E-state index in [1.54, 1.807) is 22.6 Å². The smallest absolute Gasteiger partial charge is 0.298 e. The molecular weight excluding hydrogens is 461 g/mol. The maximum absolute atomic E-state index is 14.0. The highest BCUT2D eigenvalue weighted by molar-refractivity contribution is 7.92. The highest BCUT2D eigenvalue weighted by Crippen LogP contribution is 2.30. The van der Waals surface area contributed by atoms with Crippen LogP contribution in [0.15, 0.2) is 52.0 Å². The molecule has 11 heteroatoms. The average Bonchev–Trinajstić information content (AvgIpc) is 3.47. The first kappa shape index (κ1) is 21.7. The van der Waals surface area contributed by atoms with Crippen LogP contribution >= 0.6 is 0 Å². The lowest BCUT2D eigenvalue weighted by Gasteiger charge is -2.11. The number of terminal acetylenes is 1. The maximum atomic E-state index is 14.0. The number of sulfonamides is 1. The second kappa shape index (κ2) is 8.00. The van der Waals surface area contributed by atoms with Crippen molar-refractivity contribution < 1.29 is 22.1 Å². The van der Waals surface area contributed by atoms with Crippen LogP contribution in [-0.2, 0) is 34.5 Å². The Hall–Kier alpha value is -4.17. The molecule has 0 saturated heterocycles. The minimum Gasteiger partial charge on any atom is -0.354 e. The number of fused-ring (bicyclic) bond motifs is 2. The molecule has 1 N–H and O–H groups in total. The number of amides is 1. The lowest BCUT2D eigenvalue weighted by atomic mass is 10.1. The first-order chi connectivity index (χ1) is 16.2. The first-order valence-electron chi connectivity index (χ1n) is 10.2. The number of hydrogen-bond acceptors (Lipinski definition) is 6. The molecule has 34 heavy (non-hydrogen) atoms. The van der Waals surface area contributed by atoms with Crippen molar-refractivity contribution in [2.24, 2.45) is 0 Å². The van der Waals surface area contributed by atoms with E-state index in [0.717, 1.165) is 28.5 Å². The van der Waals surface area contributed by atoms with Gasteiger partial charge in [-0.1, -0.05) is 23.4 Å². The number of nitrogens with zero attached hydrogens (tertiary/aromatic N) is 4. The molecule has 3 heterocycles. The molecule has 0 aliphatic carbocycles. The summed E-state index contributed by atoms with van der Waals surface area (Å²) in [5, 5.41) is 8.87. The van der Waals surface area contributed by atoms with E-state index in [0.29, 0.717) is 30.6 Å². The van der Waals surface area contributed by atoms with Crippen molar-refractivity contribution in [1.29, 1.82) is 0 Å². The third kappa shape index (κ3) is 3.78. The van der Waals surface area contributed by atoms with Gasteiger partial charge in [-0.15, -0.1) is 6.42 Å². The van der Waals surface area contributed by atoms with Crippen LogP contribution in [0, 0.1) is 25.1 Å². The number of carbonyl (C=O) groups excluding carboxylic acids is 1. The monoisotopic (exact) mass is 479 g/mol. The zero-order valence-electron chi connectivity index (χ0n) is 17.9. The molecule has 5 rings (SSSR count). The Labute approximate surface area is 194 Å². The van der Waals surface area contributed by atoms with Crippen molar-refractivity contribution in [3.8, 4) is 12.3 Å². The standard InChI is InChI=1S/C23H18FN5O4S/c1-3-21(30)28-11-16-12-29(25-18(16)13-28)10-15-8-14(2)22-19(9-15)33-26-23(22)27-34(31,32)20-7-5-4-6-17(20)24/h1,4-9,12H,10-11,13H2,2H3,(H,26,27). The fraction of sp³-hybridized carbons (Fsp3) is 0.174. The molecule has 1 aliphatic heterocycles. The molecule has 2 aromatic heterocycles. The molecule has 0 fully saturated rings. The van der Waals surface area contributed by atoms with E-state index in [4.69, 9.17) is 10.9 Å². The number of anilines is 1. The van der Waals surface area contributed by atoms with Gasteiger partial charge in [-0.05, 0) is 42.2 Å². The van der Waals surface area contributed by atoms with Crippen LogP contribution in [-0.4, -0.2) is 34.2 Å². The molecular formula is C23H18FN5O4S. The average molecular weight is 479 g/mol. The minimum atomic E-state index is -4.19. The van der Waals surface area contributed by atoms with Gasteiger partial charge >= 0.3 is 0 Å². The predicted molar refractivity (Wildman–Crippen MR) is 120 cm³/mol. The molecule has 0 bridgehead atoms. The van der Waals surface area contributed by atoms with E-state index in [9.17, 15) is 17.6 Å². The molecule has 0 spiro atoms. The molecule has 4 aromatic rings. The summed E-state index contributed by atoms with van der Waals surface area (Å²) in [6, 6.07) is 8.72. The summed E-state index contributed by atoms with van der Waals surface area (Å²) < 4.78 is 48.8. The number of aromatic nitrogens is 3. The van der Waals surface area contributed by atoms with Crippen LogP contribution in [0.25, 0.3) is 11.0 Å². The summed E-state index contributed by atoms with van der Waals surface area (Å²) >= 11 is 0. The fourth-order valence-electron chi connectivity index (χ4n) is 4.06. The summed E-state index contributed by atoms with van der Waals surface area (Å²) in [4.78, 5) is 12.8. The topological polar surface area (TPSA) is 110 Å². The zero-order valence-corrected chi connectivity index (χ0v) is 18.8. The van der Waals surface area contributed by atoms with Crippen LogP contribution in [0.4, 0.5) is 10.2 Å². The first-order valence-corrected chi connectivity index (χ1v) is 11.7. The Kier molecular flexibility index (Phi) is 5.10. The number of rotatable bonds is 5. The molecule has 0 saturated carbocycles. The van der Waals surface area contributed by atoms with Gasteiger partial charge in [0, 0.05) is 11.8 Å². The summed E-state index contributed by atoms with van der Waals surface area (Å²) in [5.74, 6) is 0.872. The SMILES string of the molecule is C#CC(=O)N1Cc2cn(Cc3cc(C)c4c(NS(=O)(=O)c5ccccc5F)noc4c3)nc2C1. The van der Waals surface area contributed by atoms with Crippen molar-refractivity contribution in [3.05, 3.63) is 70.8 Å². The van der Waals surface area contributed by atoms with Gasteiger partial charge in [-0.2, -0.15) is 5.10 Å². The van der Waals surface area contributed by atoms with Gasteiger partial charge in [0.05, 0.1) is 30.7 Å². The molecule has 0 radical (unpaired) electrons. The summed E-state index contributed by atoms with van der Waals surface area (Å²) in [6.07, 6.45) is 7.05. The molecule has 2 aromatic carbocycles. The Bertz CT molecular complexity index is 1580.